The Hall–Kier alpha value is -3.39. The van der Waals surface area contributed by atoms with Crippen LogP contribution in [-0.2, 0) is 20.7 Å². The Balaban J connectivity index is 1.88. The highest BCUT2D eigenvalue weighted by molar-refractivity contribution is 7.86. The van der Waals surface area contributed by atoms with Gasteiger partial charge in [0.1, 0.15) is 24.2 Å². The molecule has 0 atom stereocenters. The summed E-state index contributed by atoms with van der Waals surface area (Å²) in [5.74, 6) is -1.25. The first-order valence-corrected chi connectivity index (χ1v) is 9.73. The summed E-state index contributed by atoms with van der Waals surface area (Å²) in [5.41, 5.74) is 1.52. The SMILES string of the molecule is O=C/C=C/c1ccc(F)c(CS(=O)(=O)Oc2ccccc2-c2cncnc2)c1. The molecule has 28 heavy (non-hydrogen) atoms. The lowest BCUT2D eigenvalue weighted by molar-refractivity contribution is -0.104. The van der Waals surface area contributed by atoms with Crippen LogP contribution in [0.4, 0.5) is 4.39 Å². The number of hydrogen-bond acceptors (Lipinski definition) is 6. The highest BCUT2D eigenvalue weighted by Crippen LogP contribution is 2.30. The predicted molar refractivity (Wildman–Crippen MR) is 102 cm³/mol. The first-order chi connectivity index (χ1) is 13.5. The van der Waals surface area contributed by atoms with Gasteiger partial charge >= 0.3 is 10.1 Å². The number of halogens is 1. The Morgan fingerprint density at radius 2 is 1.82 bits per heavy atom. The predicted octanol–water partition coefficient (Wildman–Crippen LogP) is 3.40. The van der Waals surface area contributed by atoms with Crippen molar-refractivity contribution in [1.29, 1.82) is 0 Å². The summed E-state index contributed by atoms with van der Waals surface area (Å²) < 4.78 is 44.4. The molecule has 0 saturated heterocycles. The first kappa shape index (κ1) is 19.4. The van der Waals surface area contributed by atoms with Gasteiger partial charge in [-0.2, -0.15) is 8.42 Å². The van der Waals surface area contributed by atoms with E-state index >= 15 is 0 Å². The normalized spacial score (nSPS) is 11.5. The Labute approximate surface area is 161 Å². The molecule has 6 nitrogen and oxygen atoms in total. The minimum absolute atomic E-state index is 0.0615. The molecule has 3 aromatic rings. The number of para-hydroxylation sites is 1. The molecule has 3 rings (SSSR count). The summed E-state index contributed by atoms with van der Waals surface area (Å²) in [7, 11) is -4.15. The second kappa shape index (κ2) is 8.53. The zero-order valence-corrected chi connectivity index (χ0v) is 15.3. The van der Waals surface area contributed by atoms with E-state index in [-0.39, 0.29) is 11.3 Å². The number of benzene rings is 2. The van der Waals surface area contributed by atoms with Crippen molar-refractivity contribution < 1.29 is 21.8 Å². The lowest BCUT2D eigenvalue weighted by Gasteiger charge is -2.12. The van der Waals surface area contributed by atoms with Crippen molar-refractivity contribution in [1.82, 2.24) is 9.97 Å². The highest BCUT2D eigenvalue weighted by Gasteiger charge is 2.19. The third kappa shape index (κ3) is 4.86. The van der Waals surface area contributed by atoms with Crippen molar-refractivity contribution in [2.24, 2.45) is 0 Å². The van der Waals surface area contributed by atoms with Crippen LogP contribution in [-0.4, -0.2) is 24.7 Å². The van der Waals surface area contributed by atoms with Crippen LogP contribution in [0, 0.1) is 5.82 Å². The van der Waals surface area contributed by atoms with Crippen LogP contribution < -0.4 is 4.18 Å². The number of carbonyl (C=O) groups excluding carboxylic acids is 1. The van der Waals surface area contributed by atoms with Gasteiger partial charge in [0.05, 0.1) is 0 Å². The van der Waals surface area contributed by atoms with E-state index in [9.17, 15) is 17.6 Å². The molecule has 0 aliphatic carbocycles. The number of allylic oxidation sites excluding steroid dienone is 1. The molecule has 0 unspecified atom stereocenters. The molecular formula is C20H15FN2O4S. The molecule has 0 aliphatic heterocycles. The average molecular weight is 398 g/mol. The van der Waals surface area contributed by atoms with Crippen LogP contribution in [0.25, 0.3) is 17.2 Å². The summed E-state index contributed by atoms with van der Waals surface area (Å²) in [6, 6.07) is 10.5. The molecule has 0 saturated carbocycles. The first-order valence-electron chi connectivity index (χ1n) is 8.15. The summed E-state index contributed by atoms with van der Waals surface area (Å²) in [4.78, 5) is 18.3. The number of carbonyl (C=O) groups is 1. The zero-order chi connectivity index (χ0) is 20.0. The molecule has 0 fully saturated rings. The Bertz CT molecular complexity index is 1120. The van der Waals surface area contributed by atoms with Crippen molar-refractivity contribution in [3.05, 3.63) is 84.2 Å². The van der Waals surface area contributed by atoms with E-state index in [0.29, 0.717) is 23.0 Å². The molecule has 0 amide bonds. The van der Waals surface area contributed by atoms with Crippen molar-refractivity contribution in [3.8, 4) is 16.9 Å². The van der Waals surface area contributed by atoms with Crippen molar-refractivity contribution >= 4 is 22.5 Å². The molecule has 1 heterocycles. The quantitative estimate of drug-likeness (QED) is 0.344. The lowest BCUT2D eigenvalue weighted by Crippen LogP contribution is -2.13. The van der Waals surface area contributed by atoms with Gasteiger partial charge < -0.3 is 4.18 Å². The molecule has 0 bridgehead atoms. The van der Waals surface area contributed by atoms with E-state index in [1.54, 1.807) is 18.2 Å². The van der Waals surface area contributed by atoms with Gasteiger partial charge in [-0.1, -0.05) is 30.3 Å². The maximum absolute atomic E-state index is 14.1. The summed E-state index contributed by atoms with van der Waals surface area (Å²) in [6.45, 7) is 0. The van der Waals surface area contributed by atoms with E-state index < -0.39 is 21.7 Å². The number of aromatic nitrogens is 2. The Kier molecular flexibility index (Phi) is 5.90. The smallest absolute Gasteiger partial charge is 0.313 e. The fourth-order valence-corrected chi connectivity index (χ4v) is 3.61. The van der Waals surface area contributed by atoms with Gasteiger partial charge in [-0.15, -0.1) is 0 Å². The van der Waals surface area contributed by atoms with E-state index in [1.807, 2.05) is 0 Å². The van der Waals surface area contributed by atoms with Gasteiger partial charge in [0, 0.05) is 29.1 Å². The Morgan fingerprint density at radius 3 is 2.57 bits per heavy atom. The number of hydrogen-bond donors (Lipinski definition) is 0. The van der Waals surface area contributed by atoms with Gasteiger partial charge in [-0.25, -0.2) is 14.4 Å². The highest BCUT2D eigenvalue weighted by atomic mass is 32.2. The molecule has 1 aromatic heterocycles. The van der Waals surface area contributed by atoms with Crippen LogP contribution in [0.2, 0.25) is 0 Å². The zero-order valence-electron chi connectivity index (χ0n) is 14.5. The van der Waals surface area contributed by atoms with Gasteiger partial charge in [-0.3, -0.25) is 4.79 Å². The fourth-order valence-electron chi connectivity index (χ4n) is 2.53. The number of nitrogens with zero attached hydrogens (tertiary/aromatic N) is 2. The molecule has 0 aliphatic rings. The molecule has 8 heteroatoms. The van der Waals surface area contributed by atoms with Gasteiger partial charge in [-0.05, 0) is 29.8 Å². The summed E-state index contributed by atoms with van der Waals surface area (Å²) in [5, 5.41) is 0. The summed E-state index contributed by atoms with van der Waals surface area (Å²) >= 11 is 0. The number of aldehydes is 1. The van der Waals surface area contributed by atoms with E-state index in [2.05, 4.69) is 9.97 Å². The van der Waals surface area contributed by atoms with Crippen LogP contribution >= 0.6 is 0 Å². The second-order valence-electron chi connectivity index (χ2n) is 5.75. The molecule has 142 valence electrons. The molecule has 0 radical (unpaired) electrons. The molecule has 0 spiro atoms. The van der Waals surface area contributed by atoms with Gasteiger partial charge in [0.15, 0.2) is 5.75 Å². The van der Waals surface area contributed by atoms with Crippen LogP contribution in [0.1, 0.15) is 11.1 Å². The minimum Gasteiger partial charge on any atom is -0.382 e. The maximum Gasteiger partial charge on any atom is 0.313 e. The molecule has 2 aromatic carbocycles. The maximum atomic E-state index is 14.1. The fraction of sp³-hybridized carbons (Fsp3) is 0.0500. The van der Waals surface area contributed by atoms with Crippen molar-refractivity contribution in [2.45, 2.75) is 5.75 Å². The van der Waals surface area contributed by atoms with Crippen molar-refractivity contribution in [2.75, 3.05) is 0 Å². The van der Waals surface area contributed by atoms with Crippen LogP contribution in [0.5, 0.6) is 5.75 Å². The second-order valence-corrected chi connectivity index (χ2v) is 7.33. The van der Waals surface area contributed by atoms with E-state index in [0.717, 1.165) is 6.07 Å². The van der Waals surface area contributed by atoms with Gasteiger partial charge in [0.2, 0.25) is 0 Å². The average Bonchev–Trinajstić information content (AvgIpc) is 2.69. The van der Waals surface area contributed by atoms with Crippen LogP contribution in [0.3, 0.4) is 0 Å². The largest absolute Gasteiger partial charge is 0.382 e. The topological polar surface area (TPSA) is 86.2 Å². The molecule has 0 N–H and O–H groups in total. The third-order valence-corrected chi connectivity index (χ3v) is 4.84. The van der Waals surface area contributed by atoms with Crippen LogP contribution in [0.15, 0.2) is 67.3 Å². The number of rotatable bonds is 7. The third-order valence-electron chi connectivity index (χ3n) is 3.74. The monoisotopic (exact) mass is 398 g/mol. The standard InChI is InChI=1S/C20H15FN2O4S/c21-19-8-7-15(4-3-9-24)10-16(19)13-28(25,26)27-20-6-2-1-5-18(20)17-11-22-14-23-12-17/h1-12,14H,13H2/b4-3+. The van der Waals surface area contributed by atoms with Gasteiger partial charge in [0.25, 0.3) is 0 Å². The Morgan fingerprint density at radius 1 is 1.07 bits per heavy atom. The van der Waals surface area contributed by atoms with E-state index in [1.165, 1.54) is 49.1 Å². The van der Waals surface area contributed by atoms with E-state index in [4.69, 9.17) is 4.18 Å². The lowest BCUT2D eigenvalue weighted by atomic mass is 10.1. The minimum atomic E-state index is -4.15. The van der Waals surface area contributed by atoms with Crippen molar-refractivity contribution in [3.63, 3.8) is 0 Å². The summed E-state index contributed by atoms with van der Waals surface area (Å²) in [6.07, 6.45) is 7.69. The molecular weight excluding hydrogens is 383 g/mol.